The molecule has 0 saturated heterocycles. The average molecular weight is 537 g/mol. The average Bonchev–Trinajstić information content (AvgIpc) is 3.19. The molecule has 210 valence electrons. The lowest BCUT2D eigenvalue weighted by Crippen LogP contribution is -2.57. The maximum absolute atomic E-state index is 12.5. The molecule has 4 aliphatic rings. The molecule has 7 atom stereocenters. The largest absolute Gasteiger partial charge is 0.479 e. The van der Waals surface area contributed by atoms with Crippen LogP contribution in [-0.2, 0) is 19.2 Å². The first-order valence-electron chi connectivity index (χ1n) is 14.2. The molecule has 1 aromatic rings. The van der Waals surface area contributed by atoms with Gasteiger partial charge in [0.15, 0.2) is 18.4 Å². The number of hydrogen-bond acceptors (Lipinski definition) is 6. The Kier molecular flexibility index (Phi) is 7.20. The Morgan fingerprint density at radius 3 is 2.46 bits per heavy atom. The fourth-order valence-electron chi connectivity index (χ4n) is 8.55. The highest BCUT2D eigenvalue weighted by Crippen LogP contribution is 2.67. The summed E-state index contributed by atoms with van der Waals surface area (Å²) in [4.78, 5) is 41.9. The van der Waals surface area contributed by atoms with Gasteiger partial charge in [0, 0.05) is 5.41 Å². The highest BCUT2D eigenvalue weighted by Gasteiger charge is 2.65. The van der Waals surface area contributed by atoms with Crippen molar-refractivity contribution in [2.24, 2.45) is 33.7 Å². The van der Waals surface area contributed by atoms with Gasteiger partial charge in [0.2, 0.25) is 0 Å². The van der Waals surface area contributed by atoms with Gasteiger partial charge in [-0.1, -0.05) is 54.9 Å². The monoisotopic (exact) mass is 536 g/mol. The number of nitrogens with one attached hydrogen (secondary N) is 1. The topological polar surface area (TPSA) is 125 Å². The summed E-state index contributed by atoms with van der Waals surface area (Å²) in [6.07, 6.45) is 9.21. The van der Waals surface area contributed by atoms with Gasteiger partial charge in [0.05, 0.1) is 5.71 Å². The zero-order chi connectivity index (χ0) is 28.0. The van der Waals surface area contributed by atoms with E-state index < -0.39 is 23.5 Å². The third-order valence-electron chi connectivity index (χ3n) is 10.8. The molecule has 1 amide bonds. The minimum absolute atomic E-state index is 0.0575. The maximum atomic E-state index is 12.5. The van der Waals surface area contributed by atoms with Crippen LogP contribution in [0.25, 0.3) is 0 Å². The van der Waals surface area contributed by atoms with Crippen LogP contribution in [-0.4, -0.2) is 45.8 Å². The van der Waals surface area contributed by atoms with E-state index in [9.17, 15) is 24.6 Å². The van der Waals surface area contributed by atoms with Gasteiger partial charge in [-0.3, -0.25) is 9.59 Å². The molecule has 0 spiro atoms. The number of carbonyl (C=O) groups is 3. The van der Waals surface area contributed by atoms with Crippen LogP contribution in [0.3, 0.4) is 0 Å². The smallest absolute Gasteiger partial charge is 0.330 e. The highest BCUT2D eigenvalue weighted by atomic mass is 16.6. The van der Waals surface area contributed by atoms with E-state index in [0.717, 1.165) is 50.7 Å². The van der Waals surface area contributed by atoms with Crippen molar-refractivity contribution >= 4 is 23.4 Å². The quantitative estimate of drug-likeness (QED) is 0.438. The normalized spacial score (nSPS) is 37.1. The van der Waals surface area contributed by atoms with Crippen molar-refractivity contribution in [2.75, 3.05) is 6.61 Å². The summed E-state index contributed by atoms with van der Waals surface area (Å²) < 4.78 is 0. The predicted octanol–water partition coefficient (Wildman–Crippen LogP) is 4.58. The maximum Gasteiger partial charge on any atom is 0.330 e. The number of aliphatic carboxylic acids is 1. The minimum Gasteiger partial charge on any atom is -0.479 e. The van der Waals surface area contributed by atoms with Crippen molar-refractivity contribution < 1.29 is 29.4 Å². The second kappa shape index (κ2) is 10.2. The Hall–Kier alpha value is -3.00. The second-order valence-electron chi connectivity index (χ2n) is 12.5. The second-order valence-corrected chi connectivity index (χ2v) is 12.5. The number of Topliss-reactive ketones (excluding diaryl/α,β-unsaturated/α-hetero) is 1. The van der Waals surface area contributed by atoms with Crippen molar-refractivity contribution in [3.8, 4) is 0 Å². The zero-order valence-electron chi connectivity index (χ0n) is 23.1. The van der Waals surface area contributed by atoms with Crippen LogP contribution >= 0.6 is 0 Å². The van der Waals surface area contributed by atoms with E-state index in [0.29, 0.717) is 29.7 Å². The van der Waals surface area contributed by atoms with Gasteiger partial charge in [-0.25, -0.2) is 4.79 Å². The number of carbonyl (C=O) groups excluding carboxylic acids is 2. The molecule has 3 N–H and O–H groups in total. The molecule has 8 nitrogen and oxygen atoms in total. The van der Waals surface area contributed by atoms with Gasteiger partial charge in [-0.05, 0) is 93.1 Å². The van der Waals surface area contributed by atoms with Crippen molar-refractivity contribution in [3.05, 3.63) is 47.5 Å². The van der Waals surface area contributed by atoms with Crippen LogP contribution in [0, 0.1) is 28.6 Å². The molecule has 0 radical (unpaired) electrons. The number of carboxylic acid groups (broad SMARTS) is 1. The first-order chi connectivity index (χ1) is 18.5. The van der Waals surface area contributed by atoms with Gasteiger partial charge in [-0.15, -0.1) is 0 Å². The van der Waals surface area contributed by atoms with Gasteiger partial charge < -0.3 is 20.4 Å². The number of ketones is 1. The number of rotatable bonds is 7. The molecule has 4 aliphatic carbocycles. The van der Waals surface area contributed by atoms with E-state index in [2.05, 4.69) is 30.4 Å². The Morgan fingerprint density at radius 1 is 1.05 bits per heavy atom. The number of allylic oxidation sites excluding steroid dienone is 2. The van der Waals surface area contributed by atoms with Gasteiger partial charge in [-0.2, -0.15) is 0 Å². The van der Waals surface area contributed by atoms with E-state index in [-0.39, 0.29) is 23.2 Å². The van der Waals surface area contributed by atoms with Crippen molar-refractivity contribution in [2.45, 2.75) is 83.8 Å². The lowest BCUT2D eigenvalue weighted by molar-refractivity contribution is -0.159. The minimum atomic E-state index is -1.19. The number of benzene rings is 1. The summed E-state index contributed by atoms with van der Waals surface area (Å²) in [5.41, 5.74) is 1.19. The molecule has 3 fully saturated rings. The van der Waals surface area contributed by atoms with E-state index in [1.807, 2.05) is 0 Å². The van der Waals surface area contributed by atoms with Crippen LogP contribution in [0.1, 0.15) is 83.7 Å². The molecule has 8 heteroatoms. The van der Waals surface area contributed by atoms with Gasteiger partial charge >= 0.3 is 5.97 Å². The molecular formula is C31H40N2O6. The molecule has 5 rings (SSSR count). The molecule has 0 aromatic heterocycles. The van der Waals surface area contributed by atoms with Crippen LogP contribution in [0.4, 0.5) is 0 Å². The van der Waals surface area contributed by atoms with E-state index >= 15 is 0 Å². The number of amides is 1. The fourth-order valence-corrected chi connectivity index (χ4v) is 8.55. The molecular weight excluding hydrogens is 496 g/mol. The summed E-state index contributed by atoms with van der Waals surface area (Å²) in [6.45, 7) is 5.70. The molecule has 39 heavy (non-hydrogen) atoms. The Bertz CT molecular complexity index is 1210. The van der Waals surface area contributed by atoms with Crippen LogP contribution in [0.15, 0.2) is 47.1 Å². The lowest BCUT2D eigenvalue weighted by Gasteiger charge is -2.59. The molecule has 6 unspecified atom stereocenters. The third kappa shape index (κ3) is 4.60. The summed E-state index contributed by atoms with van der Waals surface area (Å²) >= 11 is 0. The van der Waals surface area contributed by atoms with Crippen LogP contribution in [0.5, 0.6) is 0 Å². The van der Waals surface area contributed by atoms with Crippen molar-refractivity contribution in [1.82, 2.24) is 5.32 Å². The summed E-state index contributed by atoms with van der Waals surface area (Å²) in [7, 11) is 0. The van der Waals surface area contributed by atoms with E-state index in [1.165, 1.54) is 5.57 Å². The molecule has 0 heterocycles. The first-order valence-corrected chi connectivity index (χ1v) is 14.2. The summed E-state index contributed by atoms with van der Waals surface area (Å²) in [5.74, 6) is -0.380. The molecule has 1 aromatic carbocycles. The Morgan fingerprint density at radius 2 is 1.77 bits per heavy atom. The lowest BCUT2D eigenvalue weighted by atomic mass is 9.46. The standard InChI is InChI=1S/C31H40N2O6/c1-19(34)31(38)16-13-25-23-10-9-21-17-22(11-14-29(21,2)24(23)12-15-30(25,31)3)33-39-18-26(35)32-27(28(36)37)20-7-5-4-6-8-20/h4-8,17,23-25,27,38H,9-16,18H2,1-3H3,(H,32,35)(H,36,37)/b33-22-/t23?,24?,25?,27?,29?,30?,31-/m0/s1. The SMILES string of the molecule is CC(=O)[C@@]1(O)CCC2C3CCC4=C/C(=N\OCC(=O)NC(C(=O)O)c5ccccc5)CCC4(C)C3CCC21C. The number of fused-ring (bicyclic) bond motifs is 5. The van der Waals surface area contributed by atoms with Crippen LogP contribution in [0.2, 0.25) is 0 Å². The van der Waals surface area contributed by atoms with Gasteiger partial charge in [0.25, 0.3) is 5.91 Å². The zero-order valence-corrected chi connectivity index (χ0v) is 23.1. The molecule has 0 bridgehead atoms. The summed E-state index contributed by atoms with van der Waals surface area (Å²) in [6, 6.07) is 7.40. The third-order valence-corrected chi connectivity index (χ3v) is 10.8. The number of hydrogen-bond donors (Lipinski definition) is 3. The number of oxime groups is 1. The number of nitrogens with zero attached hydrogens (tertiary/aromatic N) is 1. The fraction of sp³-hybridized carbons (Fsp3) is 0.613. The number of aliphatic hydroxyl groups is 1. The predicted molar refractivity (Wildman–Crippen MR) is 146 cm³/mol. The van der Waals surface area contributed by atoms with Crippen molar-refractivity contribution in [3.63, 3.8) is 0 Å². The van der Waals surface area contributed by atoms with Crippen LogP contribution < -0.4 is 5.32 Å². The highest BCUT2D eigenvalue weighted by molar-refractivity contribution is 5.96. The first kappa shape index (κ1) is 27.6. The Balaban J connectivity index is 1.23. The van der Waals surface area contributed by atoms with Crippen molar-refractivity contribution in [1.29, 1.82) is 0 Å². The Labute approximate surface area is 229 Å². The number of carboxylic acids is 1. The van der Waals surface area contributed by atoms with E-state index in [4.69, 9.17) is 4.84 Å². The molecule has 3 saturated carbocycles. The van der Waals surface area contributed by atoms with Gasteiger partial charge in [0.1, 0.15) is 5.60 Å². The summed E-state index contributed by atoms with van der Waals surface area (Å²) in [5, 5.41) is 27.6. The molecule has 0 aliphatic heterocycles. The van der Waals surface area contributed by atoms with E-state index in [1.54, 1.807) is 37.3 Å².